The van der Waals surface area contributed by atoms with Crippen molar-refractivity contribution in [3.05, 3.63) is 23.7 Å². The summed E-state index contributed by atoms with van der Waals surface area (Å²) >= 11 is 0. The second-order valence-electron chi connectivity index (χ2n) is 6.66. The van der Waals surface area contributed by atoms with Gasteiger partial charge in [-0.15, -0.1) is 0 Å². The summed E-state index contributed by atoms with van der Waals surface area (Å²) in [7, 11) is 0. The van der Waals surface area contributed by atoms with E-state index < -0.39 is 0 Å². The molecule has 1 aromatic heterocycles. The van der Waals surface area contributed by atoms with Gasteiger partial charge in [-0.2, -0.15) is 0 Å². The monoisotopic (exact) mass is 309 g/mol. The lowest BCUT2D eigenvalue weighted by Crippen LogP contribution is -2.58. The van der Waals surface area contributed by atoms with Crippen LogP contribution >= 0.6 is 0 Å². The number of hydrogen-bond donors (Lipinski definition) is 2. The number of carbonyl (C=O) groups excluding carboxylic acids is 1. The van der Waals surface area contributed by atoms with E-state index in [-0.39, 0.29) is 23.7 Å². The van der Waals surface area contributed by atoms with Crippen LogP contribution in [0.3, 0.4) is 0 Å². The summed E-state index contributed by atoms with van der Waals surface area (Å²) in [5.41, 5.74) is 5.86. The molecule has 0 bridgehead atoms. The van der Waals surface area contributed by atoms with Crippen LogP contribution in [0.15, 0.2) is 16.7 Å². The number of rotatable bonds is 5. The molecular formula is C16H27N3O3. The molecule has 1 aliphatic heterocycles. The number of nitrogens with zero attached hydrogens (tertiary/aromatic N) is 1. The average molecular weight is 309 g/mol. The van der Waals surface area contributed by atoms with Crippen molar-refractivity contribution in [3.63, 3.8) is 0 Å². The van der Waals surface area contributed by atoms with Gasteiger partial charge in [0.25, 0.3) is 5.91 Å². The molecule has 22 heavy (non-hydrogen) atoms. The number of nitrogens with one attached hydrogen (secondary N) is 1. The first kappa shape index (κ1) is 17.0. The summed E-state index contributed by atoms with van der Waals surface area (Å²) in [5, 5.41) is 2.98. The van der Waals surface area contributed by atoms with E-state index in [0.29, 0.717) is 24.4 Å². The molecule has 3 N–H and O–H groups in total. The lowest BCUT2D eigenvalue weighted by Gasteiger charge is -2.45. The van der Waals surface area contributed by atoms with E-state index in [9.17, 15) is 4.79 Å². The van der Waals surface area contributed by atoms with Gasteiger partial charge in [-0.1, -0.05) is 0 Å². The Morgan fingerprint density at radius 3 is 2.59 bits per heavy atom. The Bertz CT molecular complexity index is 502. The first-order valence-electron chi connectivity index (χ1n) is 7.78. The number of carbonyl (C=O) groups is 1. The van der Waals surface area contributed by atoms with Gasteiger partial charge in [0.2, 0.25) is 0 Å². The van der Waals surface area contributed by atoms with Crippen LogP contribution < -0.4 is 11.1 Å². The number of amides is 1. The maximum atomic E-state index is 12.2. The third-order valence-electron chi connectivity index (χ3n) is 4.07. The Morgan fingerprint density at radius 1 is 1.41 bits per heavy atom. The minimum absolute atomic E-state index is 0.133. The lowest BCUT2D eigenvalue weighted by atomic mass is 10.00. The molecule has 6 nitrogen and oxygen atoms in total. The molecule has 0 spiro atoms. The fraction of sp³-hybridized carbons (Fsp3) is 0.688. The molecule has 2 unspecified atom stereocenters. The molecule has 2 atom stereocenters. The highest BCUT2D eigenvalue weighted by atomic mass is 16.5. The third kappa shape index (κ3) is 4.09. The van der Waals surface area contributed by atoms with E-state index in [1.165, 1.54) is 6.26 Å². The summed E-state index contributed by atoms with van der Waals surface area (Å²) in [5.74, 6) is 0.478. The van der Waals surface area contributed by atoms with Crippen LogP contribution in [0.5, 0.6) is 0 Å². The maximum Gasteiger partial charge on any atom is 0.254 e. The summed E-state index contributed by atoms with van der Waals surface area (Å²) < 4.78 is 11.0. The van der Waals surface area contributed by atoms with Crippen molar-refractivity contribution in [1.82, 2.24) is 10.2 Å². The van der Waals surface area contributed by atoms with Crippen molar-refractivity contribution < 1.29 is 13.9 Å². The molecule has 0 saturated carbocycles. The van der Waals surface area contributed by atoms with E-state index in [4.69, 9.17) is 14.9 Å². The average Bonchev–Trinajstić information content (AvgIpc) is 2.93. The van der Waals surface area contributed by atoms with Crippen molar-refractivity contribution >= 4 is 5.91 Å². The Labute approximate surface area is 132 Å². The van der Waals surface area contributed by atoms with Gasteiger partial charge in [-0.05, 0) is 33.8 Å². The highest BCUT2D eigenvalue weighted by Crippen LogP contribution is 2.20. The molecule has 0 radical (unpaired) electrons. The zero-order valence-electron chi connectivity index (χ0n) is 13.9. The second-order valence-corrected chi connectivity index (χ2v) is 6.66. The molecule has 2 rings (SSSR count). The molecule has 1 aromatic rings. The largest absolute Gasteiger partial charge is 0.467 e. The van der Waals surface area contributed by atoms with Gasteiger partial charge in [0.15, 0.2) is 0 Å². The zero-order valence-corrected chi connectivity index (χ0v) is 13.9. The Kier molecular flexibility index (Phi) is 5.26. The standard InChI is InChI=1S/C16H27N3O3/c1-11-7-19(8-12(2)22-11)16(3,4)10-18-15(20)13-5-14(6-17)21-9-13/h5,9,11-12H,6-8,10,17H2,1-4H3,(H,18,20). The third-order valence-corrected chi connectivity index (χ3v) is 4.07. The van der Waals surface area contributed by atoms with Crippen LogP contribution in [0.2, 0.25) is 0 Å². The minimum Gasteiger partial charge on any atom is -0.467 e. The topological polar surface area (TPSA) is 80.7 Å². The summed E-state index contributed by atoms with van der Waals surface area (Å²) in [6.07, 6.45) is 1.86. The van der Waals surface area contributed by atoms with Crippen LogP contribution in [0, 0.1) is 0 Å². The normalized spacial score (nSPS) is 23.5. The van der Waals surface area contributed by atoms with Crippen LogP contribution in [-0.4, -0.2) is 48.2 Å². The lowest BCUT2D eigenvalue weighted by molar-refractivity contribution is -0.0948. The zero-order chi connectivity index (χ0) is 16.3. The van der Waals surface area contributed by atoms with Crippen molar-refractivity contribution in [2.24, 2.45) is 5.73 Å². The van der Waals surface area contributed by atoms with Gasteiger partial charge >= 0.3 is 0 Å². The minimum atomic E-state index is -0.137. The van der Waals surface area contributed by atoms with Gasteiger partial charge in [0.1, 0.15) is 12.0 Å². The molecular weight excluding hydrogens is 282 g/mol. The molecule has 1 saturated heterocycles. The van der Waals surface area contributed by atoms with Crippen molar-refractivity contribution in [3.8, 4) is 0 Å². The molecule has 2 heterocycles. The van der Waals surface area contributed by atoms with Gasteiger partial charge in [0, 0.05) is 25.2 Å². The van der Waals surface area contributed by atoms with E-state index in [1.807, 2.05) is 0 Å². The first-order valence-corrected chi connectivity index (χ1v) is 7.78. The number of furan rings is 1. The van der Waals surface area contributed by atoms with Crippen molar-refractivity contribution in [1.29, 1.82) is 0 Å². The Hall–Kier alpha value is -1.37. The SMILES string of the molecule is CC1CN(C(C)(C)CNC(=O)c2coc(CN)c2)CC(C)O1. The van der Waals surface area contributed by atoms with Crippen LogP contribution in [-0.2, 0) is 11.3 Å². The first-order chi connectivity index (χ1) is 10.3. The van der Waals surface area contributed by atoms with Gasteiger partial charge in [0.05, 0.1) is 24.3 Å². The molecule has 1 fully saturated rings. The number of ether oxygens (including phenoxy) is 1. The molecule has 1 aliphatic rings. The Morgan fingerprint density at radius 2 is 2.05 bits per heavy atom. The van der Waals surface area contributed by atoms with E-state index >= 15 is 0 Å². The number of hydrogen-bond acceptors (Lipinski definition) is 5. The summed E-state index contributed by atoms with van der Waals surface area (Å²) in [6.45, 7) is 11.0. The highest BCUT2D eigenvalue weighted by Gasteiger charge is 2.33. The van der Waals surface area contributed by atoms with Gasteiger partial charge < -0.3 is 20.2 Å². The fourth-order valence-electron chi connectivity index (χ4n) is 2.79. The maximum absolute atomic E-state index is 12.2. The van der Waals surface area contributed by atoms with E-state index in [2.05, 4.69) is 37.9 Å². The Balaban J connectivity index is 1.92. The molecule has 0 aromatic carbocycles. The summed E-state index contributed by atoms with van der Waals surface area (Å²) in [6, 6.07) is 1.68. The van der Waals surface area contributed by atoms with Crippen LogP contribution in [0.4, 0.5) is 0 Å². The smallest absolute Gasteiger partial charge is 0.254 e. The van der Waals surface area contributed by atoms with E-state index in [0.717, 1.165) is 13.1 Å². The predicted molar refractivity (Wildman–Crippen MR) is 84.6 cm³/mol. The summed E-state index contributed by atoms with van der Waals surface area (Å²) in [4.78, 5) is 14.5. The van der Waals surface area contributed by atoms with Gasteiger partial charge in [-0.25, -0.2) is 0 Å². The molecule has 0 aliphatic carbocycles. The molecule has 6 heteroatoms. The predicted octanol–water partition coefficient (Wildman–Crippen LogP) is 1.36. The van der Waals surface area contributed by atoms with Crippen LogP contribution in [0.25, 0.3) is 0 Å². The highest BCUT2D eigenvalue weighted by molar-refractivity contribution is 5.94. The van der Waals surface area contributed by atoms with E-state index in [1.54, 1.807) is 6.07 Å². The fourth-order valence-corrected chi connectivity index (χ4v) is 2.79. The van der Waals surface area contributed by atoms with Crippen LogP contribution in [0.1, 0.15) is 43.8 Å². The number of morpholine rings is 1. The quantitative estimate of drug-likeness (QED) is 0.858. The number of nitrogens with two attached hydrogens (primary N) is 1. The van der Waals surface area contributed by atoms with Gasteiger partial charge in [-0.3, -0.25) is 9.69 Å². The molecule has 124 valence electrons. The second kappa shape index (κ2) is 6.81. The molecule has 1 amide bonds. The van der Waals surface area contributed by atoms with Crippen molar-refractivity contribution in [2.45, 2.75) is 52.0 Å². The van der Waals surface area contributed by atoms with Crippen molar-refractivity contribution in [2.75, 3.05) is 19.6 Å².